The van der Waals surface area contributed by atoms with Crippen LogP contribution in [-0.4, -0.2) is 47.3 Å². The predicted octanol–water partition coefficient (Wildman–Crippen LogP) is 13.3. The van der Waals surface area contributed by atoms with Crippen LogP contribution in [0.3, 0.4) is 0 Å². The number of azo groups is 2. The molecule has 5 aromatic carbocycles. The van der Waals surface area contributed by atoms with Gasteiger partial charge in [0.2, 0.25) is 12.1 Å². The van der Waals surface area contributed by atoms with Crippen molar-refractivity contribution in [3.8, 4) is 0 Å². The van der Waals surface area contributed by atoms with Crippen molar-refractivity contribution in [2.75, 3.05) is 21.3 Å². The Hall–Kier alpha value is -6.74. The first kappa shape index (κ1) is 54.2. The van der Waals surface area contributed by atoms with Crippen LogP contribution < -0.4 is 21.3 Å². The third-order valence-corrected chi connectivity index (χ3v) is 11.3. The molecule has 0 saturated carbocycles. The maximum Gasteiger partial charge on any atom is 0.416 e. The molecule has 366 valence electrons. The molecule has 0 aliphatic heterocycles. The SMILES string of the molecule is CCc1c(NC(=O)C(N=Nc2ccc(Cl)c(C(=O)Nc3cc(C(F)(F)F)ccc3Cl)c2)C(C)=O)ccc(NC(=O)C(N=Nc2ccc(Cl)c(C(=O)Nc3cc(C(F)(F)F)ccc3Cl)c2)C(C)=O)c1CC. The van der Waals surface area contributed by atoms with Crippen molar-refractivity contribution < 1.29 is 55.1 Å². The highest BCUT2D eigenvalue weighted by atomic mass is 35.5. The second-order valence-electron chi connectivity index (χ2n) is 14.9. The van der Waals surface area contributed by atoms with E-state index in [1.54, 1.807) is 13.8 Å². The summed E-state index contributed by atoms with van der Waals surface area (Å²) < 4.78 is 79.7. The summed E-state index contributed by atoms with van der Waals surface area (Å²) in [7, 11) is 0. The number of amides is 4. The van der Waals surface area contributed by atoms with Gasteiger partial charge in [-0.2, -0.15) is 46.8 Å². The maximum absolute atomic E-state index is 13.6. The molecule has 0 aromatic heterocycles. The number of rotatable bonds is 16. The molecule has 0 heterocycles. The van der Waals surface area contributed by atoms with E-state index in [2.05, 4.69) is 41.7 Å². The van der Waals surface area contributed by atoms with Gasteiger partial charge in [0.25, 0.3) is 23.6 Å². The first-order valence-electron chi connectivity index (χ1n) is 20.4. The quantitative estimate of drug-likeness (QED) is 0.0430. The second-order valence-corrected chi connectivity index (χ2v) is 16.5. The van der Waals surface area contributed by atoms with E-state index in [-0.39, 0.29) is 65.3 Å². The molecule has 2 unspecified atom stereocenters. The minimum atomic E-state index is -4.72. The van der Waals surface area contributed by atoms with Crippen molar-refractivity contribution >= 4 is 116 Å². The lowest BCUT2D eigenvalue weighted by Gasteiger charge is -2.20. The van der Waals surface area contributed by atoms with E-state index in [1.807, 2.05) is 0 Å². The van der Waals surface area contributed by atoms with Crippen molar-refractivity contribution in [1.82, 2.24) is 0 Å². The number of Topliss-reactive ketones (excluding diaryl/α,β-unsaturated/α-hetero) is 2. The zero-order chi connectivity index (χ0) is 51.8. The summed E-state index contributed by atoms with van der Waals surface area (Å²) in [6.07, 6.45) is -8.86. The molecule has 4 N–H and O–H groups in total. The fraction of sp³-hybridized carbons (Fsp3) is 0.217. The first-order chi connectivity index (χ1) is 32.8. The van der Waals surface area contributed by atoms with E-state index < -0.39 is 70.8 Å². The minimum Gasteiger partial charge on any atom is -0.323 e. The van der Waals surface area contributed by atoms with Crippen molar-refractivity contribution in [1.29, 1.82) is 0 Å². The van der Waals surface area contributed by atoms with Gasteiger partial charge < -0.3 is 21.3 Å². The molecule has 0 saturated heterocycles. The number of benzene rings is 5. The Morgan fingerprint density at radius 2 is 0.829 bits per heavy atom. The molecule has 24 heteroatoms. The molecule has 14 nitrogen and oxygen atoms in total. The lowest BCUT2D eigenvalue weighted by molar-refractivity contribution is -0.138. The summed E-state index contributed by atoms with van der Waals surface area (Å²) in [5, 5.41) is 25.0. The Bertz CT molecular complexity index is 2770. The lowest BCUT2D eigenvalue weighted by atomic mass is 9.98. The minimum absolute atomic E-state index is 0.0571. The summed E-state index contributed by atoms with van der Waals surface area (Å²) in [6.45, 7) is 5.70. The number of carbonyl (C=O) groups is 6. The van der Waals surface area contributed by atoms with Gasteiger partial charge >= 0.3 is 12.4 Å². The average Bonchev–Trinajstić information content (AvgIpc) is 3.28. The molecule has 5 aromatic rings. The van der Waals surface area contributed by atoms with Crippen LogP contribution in [0.15, 0.2) is 105 Å². The Balaban J connectivity index is 1.31. The molecular weight excluding hydrogens is 1020 g/mol. The van der Waals surface area contributed by atoms with Gasteiger partial charge in [-0.15, -0.1) is 0 Å². The normalized spacial score (nSPS) is 12.7. The van der Waals surface area contributed by atoms with Gasteiger partial charge in [0.15, 0.2) is 11.6 Å². The van der Waals surface area contributed by atoms with Crippen molar-refractivity contribution in [2.24, 2.45) is 20.5 Å². The van der Waals surface area contributed by atoms with Crippen LogP contribution in [0.4, 0.5) is 60.5 Å². The maximum atomic E-state index is 13.6. The summed E-state index contributed by atoms with van der Waals surface area (Å²) in [5.74, 6) is -5.17. The van der Waals surface area contributed by atoms with E-state index in [0.717, 1.165) is 50.2 Å². The van der Waals surface area contributed by atoms with E-state index in [0.29, 0.717) is 36.1 Å². The van der Waals surface area contributed by atoms with Gasteiger partial charge in [0.05, 0.1) is 65.1 Å². The van der Waals surface area contributed by atoms with E-state index in [1.165, 1.54) is 36.4 Å². The van der Waals surface area contributed by atoms with Crippen LogP contribution in [0.2, 0.25) is 20.1 Å². The molecule has 2 atom stereocenters. The van der Waals surface area contributed by atoms with Crippen LogP contribution in [-0.2, 0) is 44.4 Å². The number of carbonyl (C=O) groups excluding carboxylic acids is 6. The van der Waals surface area contributed by atoms with Gasteiger partial charge in [0, 0.05) is 11.4 Å². The highest BCUT2D eigenvalue weighted by molar-refractivity contribution is 6.37. The smallest absolute Gasteiger partial charge is 0.323 e. The summed E-state index contributed by atoms with van der Waals surface area (Å²) in [6, 6.07) is 11.5. The fourth-order valence-electron chi connectivity index (χ4n) is 6.50. The second kappa shape index (κ2) is 22.8. The molecule has 0 bridgehead atoms. The van der Waals surface area contributed by atoms with E-state index in [9.17, 15) is 55.1 Å². The van der Waals surface area contributed by atoms with Gasteiger partial charge in [-0.1, -0.05) is 60.3 Å². The number of nitrogens with one attached hydrogen (secondary N) is 4. The summed E-state index contributed by atoms with van der Waals surface area (Å²) in [4.78, 5) is 78.8. The molecule has 4 amide bonds. The largest absolute Gasteiger partial charge is 0.416 e. The Labute approximate surface area is 414 Å². The number of halogens is 10. The van der Waals surface area contributed by atoms with Crippen molar-refractivity contribution in [2.45, 2.75) is 65.0 Å². The highest BCUT2D eigenvalue weighted by Gasteiger charge is 2.33. The zero-order valence-corrected chi connectivity index (χ0v) is 39.7. The van der Waals surface area contributed by atoms with Crippen LogP contribution in [0.5, 0.6) is 0 Å². The highest BCUT2D eigenvalue weighted by Crippen LogP contribution is 2.37. The molecule has 0 spiro atoms. The third-order valence-electron chi connectivity index (χ3n) is 9.97. The number of hydrogen-bond donors (Lipinski definition) is 4. The van der Waals surface area contributed by atoms with Crippen LogP contribution in [0, 0.1) is 0 Å². The zero-order valence-electron chi connectivity index (χ0n) is 36.7. The first-order valence-corrected chi connectivity index (χ1v) is 21.9. The Kier molecular flexibility index (Phi) is 17.6. The average molecular weight is 1050 g/mol. The van der Waals surface area contributed by atoms with Crippen LogP contribution in [0.25, 0.3) is 0 Å². The third kappa shape index (κ3) is 13.5. The number of anilines is 4. The number of alkyl halides is 6. The molecule has 0 aliphatic rings. The molecule has 70 heavy (non-hydrogen) atoms. The number of nitrogens with zero attached hydrogens (tertiary/aromatic N) is 4. The topological polar surface area (TPSA) is 200 Å². The molecule has 0 radical (unpaired) electrons. The van der Waals surface area contributed by atoms with E-state index >= 15 is 0 Å². The number of ketones is 2. The summed E-state index contributed by atoms with van der Waals surface area (Å²) in [5.41, 5.74) is -1.89. The molecule has 5 rings (SSSR count). The van der Waals surface area contributed by atoms with Crippen molar-refractivity contribution in [3.05, 3.63) is 138 Å². The van der Waals surface area contributed by atoms with E-state index in [4.69, 9.17) is 46.4 Å². The Morgan fingerprint density at radius 1 is 0.486 bits per heavy atom. The lowest BCUT2D eigenvalue weighted by Crippen LogP contribution is -2.33. The van der Waals surface area contributed by atoms with Gasteiger partial charge in [0.1, 0.15) is 0 Å². The number of hydrogen-bond acceptors (Lipinski definition) is 10. The monoisotopic (exact) mass is 1050 g/mol. The predicted molar refractivity (Wildman–Crippen MR) is 252 cm³/mol. The standard InChI is InChI=1S/C46H36Cl4F6N8O6/c1-5-27-28(6-2)36(58-44(70)40(22(4)66)64-62-26-10-14-32(48)30(20-26)42(68)60-38-18-24(46(54,55)56)8-12-34(38)50)16-15-35(27)57-43(69)39(21(3)65)63-61-25-9-13-31(47)29(19-25)41(67)59-37-17-23(45(51,52)53)7-11-33(37)49/h7-20,39-40H,5-6H2,1-4H3,(H,57,69)(H,58,70)(H,59,67)(H,60,68). The van der Waals surface area contributed by atoms with Crippen LogP contribution >= 0.6 is 46.4 Å². The fourth-order valence-corrected chi connectivity index (χ4v) is 7.23. The van der Waals surface area contributed by atoms with Crippen LogP contribution in [0.1, 0.15) is 70.7 Å². The molecule has 0 fully saturated rings. The Morgan fingerprint density at radius 3 is 1.14 bits per heavy atom. The van der Waals surface area contributed by atoms with Gasteiger partial charge in [-0.05, 0) is 123 Å². The van der Waals surface area contributed by atoms with Gasteiger partial charge in [-0.25, -0.2) is 0 Å². The molecule has 0 aliphatic carbocycles. The van der Waals surface area contributed by atoms with Crippen molar-refractivity contribution in [3.63, 3.8) is 0 Å². The summed E-state index contributed by atoms with van der Waals surface area (Å²) >= 11 is 24.5. The van der Waals surface area contributed by atoms with Gasteiger partial charge in [-0.3, -0.25) is 28.8 Å². The molecular formula is C46H36Cl4F6N8O6.